The quantitative estimate of drug-likeness (QED) is 0.589. The van der Waals surface area contributed by atoms with Gasteiger partial charge in [0.15, 0.2) is 5.78 Å². The van der Waals surface area contributed by atoms with Crippen LogP contribution < -0.4 is 0 Å². The van der Waals surface area contributed by atoms with Crippen molar-refractivity contribution in [3.8, 4) is 0 Å². The summed E-state index contributed by atoms with van der Waals surface area (Å²) >= 11 is 3.47. The summed E-state index contributed by atoms with van der Waals surface area (Å²) in [4.78, 5) is 12.3. The van der Waals surface area contributed by atoms with Gasteiger partial charge in [-0.1, -0.05) is 35.7 Å². The Labute approximate surface area is 118 Å². The van der Waals surface area contributed by atoms with Gasteiger partial charge in [0.05, 0.1) is 4.83 Å². The van der Waals surface area contributed by atoms with Crippen LogP contribution >= 0.6 is 15.9 Å². The maximum absolute atomic E-state index is 12.3. The number of carbonyl (C=O) groups excluding carboxylic acids is 1. The van der Waals surface area contributed by atoms with Crippen molar-refractivity contribution in [1.29, 1.82) is 0 Å². The molecule has 2 rings (SSSR count). The van der Waals surface area contributed by atoms with E-state index in [1.54, 1.807) is 0 Å². The Morgan fingerprint density at radius 3 is 2.61 bits per heavy atom. The number of carbonyl (C=O) groups is 1. The molecule has 0 spiro atoms. The molecule has 1 atom stereocenters. The van der Waals surface area contributed by atoms with E-state index in [1.165, 1.54) is 31.4 Å². The van der Waals surface area contributed by atoms with Crippen molar-refractivity contribution in [2.45, 2.75) is 63.7 Å². The van der Waals surface area contributed by atoms with Crippen molar-refractivity contribution < 1.29 is 4.79 Å². The van der Waals surface area contributed by atoms with E-state index in [4.69, 9.17) is 0 Å². The summed E-state index contributed by atoms with van der Waals surface area (Å²) in [5.41, 5.74) is 3.30. The predicted molar refractivity (Wildman–Crippen MR) is 78.7 cm³/mol. The van der Waals surface area contributed by atoms with Crippen LogP contribution in [0.1, 0.15) is 66.8 Å². The Morgan fingerprint density at radius 2 is 2.06 bits per heavy atom. The normalized spacial score (nSPS) is 18.2. The second-order valence-electron chi connectivity index (χ2n) is 5.33. The first-order valence-corrected chi connectivity index (χ1v) is 7.84. The van der Waals surface area contributed by atoms with Gasteiger partial charge in [0.2, 0.25) is 0 Å². The monoisotopic (exact) mass is 311 g/mol. The number of Topliss-reactive ketones (excluding diaryl/α,β-unsaturated/α-hetero) is 1. The van der Waals surface area contributed by atoms with E-state index in [0.717, 1.165) is 17.7 Å². The number of halogens is 1. The summed E-state index contributed by atoms with van der Waals surface area (Å²) < 4.78 is 2.38. The van der Waals surface area contributed by atoms with Crippen LogP contribution in [0, 0.1) is 13.8 Å². The van der Waals surface area contributed by atoms with Gasteiger partial charge >= 0.3 is 0 Å². The number of aromatic nitrogens is 1. The standard InChI is InChI=1S/C15H22BrNO/c1-4-14(16)15(18)13-9-10(2)17(11(13)3)12-7-5-6-8-12/h9,12,14H,4-8H2,1-3H3. The summed E-state index contributed by atoms with van der Waals surface area (Å²) in [6, 6.07) is 2.68. The lowest BCUT2D eigenvalue weighted by molar-refractivity contribution is 0.0989. The molecule has 0 bridgehead atoms. The van der Waals surface area contributed by atoms with Gasteiger partial charge in [-0.3, -0.25) is 4.79 Å². The van der Waals surface area contributed by atoms with Crippen LogP contribution in [0.5, 0.6) is 0 Å². The van der Waals surface area contributed by atoms with E-state index >= 15 is 0 Å². The molecule has 1 fully saturated rings. The molecule has 100 valence electrons. The fraction of sp³-hybridized carbons (Fsp3) is 0.667. The van der Waals surface area contributed by atoms with Gasteiger partial charge in [-0.15, -0.1) is 0 Å². The zero-order valence-electron chi connectivity index (χ0n) is 11.5. The molecule has 1 aromatic rings. The minimum absolute atomic E-state index is 0.0463. The molecule has 1 heterocycles. The highest BCUT2D eigenvalue weighted by Crippen LogP contribution is 2.34. The predicted octanol–water partition coefficient (Wildman–Crippen LogP) is 4.58. The minimum atomic E-state index is -0.0463. The molecule has 1 aliphatic rings. The SMILES string of the molecule is CCC(Br)C(=O)c1cc(C)n(C2CCCC2)c1C. The smallest absolute Gasteiger partial charge is 0.178 e. The molecule has 18 heavy (non-hydrogen) atoms. The van der Waals surface area contributed by atoms with Gasteiger partial charge in [-0.05, 0) is 39.2 Å². The number of aryl methyl sites for hydroxylation is 1. The van der Waals surface area contributed by atoms with Crippen LogP contribution in [0.4, 0.5) is 0 Å². The maximum atomic E-state index is 12.3. The van der Waals surface area contributed by atoms with Crippen LogP contribution in [-0.2, 0) is 0 Å². The summed E-state index contributed by atoms with van der Waals surface area (Å²) in [6.45, 7) is 6.25. The van der Waals surface area contributed by atoms with E-state index in [1.807, 2.05) is 6.92 Å². The fourth-order valence-corrected chi connectivity index (χ4v) is 3.35. The molecule has 0 saturated heterocycles. The van der Waals surface area contributed by atoms with Crippen molar-refractivity contribution in [3.63, 3.8) is 0 Å². The average Bonchev–Trinajstić information content (AvgIpc) is 2.95. The lowest BCUT2D eigenvalue weighted by Crippen LogP contribution is -2.15. The zero-order chi connectivity index (χ0) is 13.3. The lowest BCUT2D eigenvalue weighted by Gasteiger charge is -2.17. The molecule has 0 amide bonds. The first-order valence-electron chi connectivity index (χ1n) is 6.93. The molecule has 1 aliphatic carbocycles. The van der Waals surface area contributed by atoms with E-state index in [-0.39, 0.29) is 10.6 Å². The van der Waals surface area contributed by atoms with Crippen LogP contribution in [0.2, 0.25) is 0 Å². The van der Waals surface area contributed by atoms with E-state index < -0.39 is 0 Å². The van der Waals surface area contributed by atoms with Crippen molar-refractivity contribution in [2.24, 2.45) is 0 Å². The lowest BCUT2D eigenvalue weighted by atomic mass is 10.1. The summed E-state index contributed by atoms with van der Waals surface area (Å²) in [5.74, 6) is 0.231. The second-order valence-corrected chi connectivity index (χ2v) is 6.44. The average molecular weight is 312 g/mol. The summed E-state index contributed by atoms with van der Waals surface area (Å²) in [5, 5.41) is 0. The molecule has 1 unspecified atom stereocenters. The van der Waals surface area contributed by atoms with E-state index in [9.17, 15) is 4.79 Å². The van der Waals surface area contributed by atoms with Gasteiger partial charge in [0.1, 0.15) is 0 Å². The van der Waals surface area contributed by atoms with Crippen molar-refractivity contribution in [3.05, 3.63) is 23.0 Å². The van der Waals surface area contributed by atoms with Gasteiger partial charge in [-0.2, -0.15) is 0 Å². The van der Waals surface area contributed by atoms with Gasteiger partial charge in [-0.25, -0.2) is 0 Å². The minimum Gasteiger partial charge on any atom is -0.345 e. The molecule has 0 aliphatic heterocycles. The first kappa shape index (κ1) is 13.9. The van der Waals surface area contributed by atoms with Crippen LogP contribution in [0.25, 0.3) is 0 Å². The largest absolute Gasteiger partial charge is 0.345 e. The number of nitrogens with zero attached hydrogens (tertiary/aromatic N) is 1. The third-order valence-corrected chi connectivity index (χ3v) is 5.15. The topological polar surface area (TPSA) is 22.0 Å². The van der Waals surface area contributed by atoms with Crippen molar-refractivity contribution in [1.82, 2.24) is 4.57 Å². The third-order valence-electron chi connectivity index (χ3n) is 4.08. The second kappa shape index (κ2) is 5.60. The summed E-state index contributed by atoms with van der Waals surface area (Å²) in [6.07, 6.45) is 6.00. The Kier molecular flexibility index (Phi) is 4.31. The number of rotatable bonds is 4. The Bertz CT molecular complexity index is 444. The highest BCUT2D eigenvalue weighted by molar-refractivity contribution is 9.10. The van der Waals surface area contributed by atoms with E-state index in [2.05, 4.69) is 40.4 Å². The molecule has 2 nitrogen and oxygen atoms in total. The van der Waals surface area contributed by atoms with Crippen molar-refractivity contribution >= 4 is 21.7 Å². The van der Waals surface area contributed by atoms with Crippen LogP contribution in [0.15, 0.2) is 6.07 Å². The molecule has 1 aromatic heterocycles. The number of hydrogen-bond donors (Lipinski definition) is 0. The first-order chi connectivity index (χ1) is 8.56. The molecular weight excluding hydrogens is 290 g/mol. The summed E-state index contributed by atoms with van der Waals surface area (Å²) in [7, 11) is 0. The molecule has 1 saturated carbocycles. The number of ketones is 1. The van der Waals surface area contributed by atoms with Gasteiger partial charge in [0.25, 0.3) is 0 Å². The zero-order valence-corrected chi connectivity index (χ0v) is 13.1. The van der Waals surface area contributed by atoms with Gasteiger partial charge in [0, 0.05) is 23.0 Å². The van der Waals surface area contributed by atoms with Gasteiger partial charge < -0.3 is 4.57 Å². The molecule has 3 heteroatoms. The van der Waals surface area contributed by atoms with Crippen molar-refractivity contribution in [2.75, 3.05) is 0 Å². The highest BCUT2D eigenvalue weighted by atomic mass is 79.9. The Hall–Kier alpha value is -0.570. The highest BCUT2D eigenvalue weighted by Gasteiger charge is 2.25. The number of hydrogen-bond acceptors (Lipinski definition) is 1. The fourth-order valence-electron chi connectivity index (χ4n) is 3.11. The molecule has 0 aromatic carbocycles. The molecule has 0 N–H and O–H groups in total. The van der Waals surface area contributed by atoms with Crippen LogP contribution in [0.3, 0.4) is 0 Å². The molecular formula is C15H22BrNO. The van der Waals surface area contributed by atoms with Crippen LogP contribution in [-0.4, -0.2) is 15.2 Å². The molecule has 0 radical (unpaired) electrons. The third kappa shape index (κ3) is 2.42. The number of alkyl halides is 1. The maximum Gasteiger partial charge on any atom is 0.178 e. The van der Waals surface area contributed by atoms with E-state index in [0.29, 0.717) is 6.04 Å². The Balaban J connectivity index is 2.34. The Morgan fingerprint density at radius 1 is 1.44 bits per heavy atom.